The molecule has 1 aliphatic rings. The predicted molar refractivity (Wildman–Crippen MR) is 104 cm³/mol. The van der Waals surface area contributed by atoms with Crippen LogP contribution in [0.3, 0.4) is 0 Å². The van der Waals surface area contributed by atoms with Crippen molar-refractivity contribution in [1.82, 2.24) is 0 Å². The van der Waals surface area contributed by atoms with Crippen LogP contribution in [0.15, 0.2) is 11.6 Å². The Bertz CT molecular complexity index is 488. The molecule has 4 nitrogen and oxygen atoms in total. The van der Waals surface area contributed by atoms with Gasteiger partial charge in [-0.3, -0.25) is 9.59 Å². The molecule has 0 aromatic rings. The van der Waals surface area contributed by atoms with Gasteiger partial charge in [0.05, 0.1) is 13.2 Å². The van der Waals surface area contributed by atoms with Gasteiger partial charge < -0.3 is 9.16 Å². The molecule has 144 valence electrons. The Morgan fingerprint density at radius 2 is 1.76 bits per heavy atom. The van der Waals surface area contributed by atoms with Gasteiger partial charge in [-0.05, 0) is 49.0 Å². The number of hydrogen-bond donors (Lipinski definition) is 0. The van der Waals surface area contributed by atoms with Crippen molar-refractivity contribution >= 4 is 20.1 Å². The second-order valence-electron chi connectivity index (χ2n) is 8.58. The molecule has 0 bridgehead atoms. The number of methoxy groups -OCH3 is 1. The molecule has 0 fully saturated rings. The molecule has 0 N–H and O–H groups in total. The number of esters is 1. The maximum atomic E-state index is 12.2. The van der Waals surface area contributed by atoms with Crippen LogP contribution in [0.2, 0.25) is 18.1 Å². The minimum absolute atomic E-state index is 0.0246. The monoisotopic (exact) mass is 368 g/mol. The highest BCUT2D eigenvalue weighted by atomic mass is 28.4. The van der Waals surface area contributed by atoms with Crippen LogP contribution >= 0.6 is 0 Å². The van der Waals surface area contributed by atoms with Crippen LogP contribution in [-0.2, 0) is 18.8 Å². The first-order valence-corrected chi connectivity index (χ1v) is 12.5. The summed E-state index contributed by atoms with van der Waals surface area (Å²) in [6.45, 7) is 11.1. The van der Waals surface area contributed by atoms with Gasteiger partial charge >= 0.3 is 5.97 Å². The Morgan fingerprint density at radius 1 is 1.16 bits per heavy atom. The van der Waals surface area contributed by atoms with E-state index < -0.39 is 8.32 Å². The number of Topliss-reactive ketones (excluding diaryl/α,β-unsaturated/α-hetero) is 1. The van der Waals surface area contributed by atoms with E-state index in [1.54, 1.807) is 0 Å². The fourth-order valence-corrected chi connectivity index (χ4v) is 4.02. The van der Waals surface area contributed by atoms with Gasteiger partial charge in [0.1, 0.15) is 0 Å². The lowest BCUT2D eigenvalue weighted by molar-refractivity contribution is -0.140. The third-order valence-electron chi connectivity index (χ3n) is 5.44. The highest BCUT2D eigenvalue weighted by molar-refractivity contribution is 6.74. The average Bonchev–Trinajstić information content (AvgIpc) is 2.83. The molecule has 0 amide bonds. The molecule has 0 aromatic heterocycles. The van der Waals surface area contributed by atoms with Crippen molar-refractivity contribution in [2.45, 2.75) is 96.4 Å². The normalized spacial score (nSPS) is 18.4. The molecule has 5 heteroatoms. The van der Waals surface area contributed by atoms with Gasteiger partial charge in [-0.15, -0.1) is 0 Å². The maximum Gasteiger partial charge on any atom is 0.305 e. The molecule has 0 saturated carbocycles. The highest BCUT2D eigenvalue weighted by Gasteiger charge is 2.40. The summed E-state index contributed by atoms with van der Waals surface area (Å²) in [4.78, 5) is 23.2. The summed E-state index contributed by atoms with van der Waals surface area (Å²) in [5, 5.41) is 0.164. The van der Waals surface area contributed by atoms with E-state index >= 15 is 0 Å². The van der Waals surface area contributed by atoms with Gasteiger partial charge in [0.15, 0.2) is 14.1 Å². The van der Waals surface area contributed by atoms with E-state index in [9.17, 15) is 9.59 Å². The summed E-state index contributed by atoms with van der Waals surface area (Å²) in [6, 6.07) is 0. The lowest BCUT2D eigenvalue weighted by Crippen LogP contribution is -2.43. The number of carbonyl (C=O) groups excluding carboxylic acids is 2. The summed E-state index contributed by atoms with van der Waals surface area (Å²) < 4.78 is 11.0. The minimum atomic E-state index is -1.83. The lowest BCUT2D eigenvalue weighted by Gasteiger charge is -2.37. The van der Waals surface area contributed by atoms with E-state index in [0.29, 0.717) is 12.8 Å². The van der Waals surface area contributed by atoms with Gasteiger partial charge in [0.2, 0.25) is 0 Å². The fraction of sp³-hybridized carbons (Fsp3) is 0.800. The van der Waals surface area contributed by atoms with Crippen molar-refractivity contribution in [3.05, 3.63) is 11.6 Å². The van der Waals surface area contributed by atoms with Crippen molar-refractivity contribution < 1.29 is 18.8 Å². The van der Waals surface area contributed by atoms with Gasteiger partial charge in [-0.2, -0.15) is 0 Å². The molecule has 1 aliphatic carbocycles. The largest absolute Gasteiger partial charge is 0.469 e. The molecular weight excluding hydrogens is 332 g/mol. The van der Waals surface area contributed by atoms with Gasteiger partial charge in [0, 0.05) is 12.8 Å². The molecule has 0 aliphatic heterocycles. The van der Waals surface area contributed by atoms with Gasteiger partial charge in [0.25, 0.3) is 0 Å². The number of unbranched alkanes of at least 4 members (excludes halogenated alkanes) is 4. The molecule has 0 saturated heterocycles. The molecule has 0 spiro atoms. The first-order valence-electron chi connectivity index (χ1n) is 9.55. The van der Waals surface area contributed by atoms with Crippen molar-refractivity contribution in [3.8, 4) is 0 Å². The second-order valence-corrected chi connectivity index (χ2v) is 13.3. The highest BCUT2D eigenvalue weighted by Crippen LogP contribution is 2.39. The third kappa shape index (κ3) is 7.44. The Hall–Kier alpha value is -0.943. The van der Waals surface area contributed by atoms with Crippen molar-refractivity contribution in [1.29, 1.82) is 0 Å². The van der Waals surface area contributed by atoms with Crippen LogP contribution in [0, 0.1) is 0 Å². The first kappa shape index (κ1) is 22.1. The molecule has 1 rings (SSSR count). The molecule has 0 aromatic carbocycles. The second kappa shape index (κ2) is 9.67. The Balaban J connectivity index is 2.30. The van der Waals surface area contributed by atoms with Crippen molar-refractivity contribution in [2.24, 2.45) is 0 Å². The van der Waals surface area contributed by atoms with E-state index in [1.807, 2.05) is 0 Å². The summed E-state index contributed by atoms with van der Waals surface area (Å²) >= 11 is 0. The molecule has 1 atom stereocenters. The number of carbonyl (C=O) groups is 2. The maximum absolute atomic E-state index is 12.2. The molecule has 0 unspecified atom stereocenters. The quantitative estimate of drug-likeness (QED) is 0.303. The third-order valence-corrected chi connectivity index (χ3v) is 9.94. The zero-order valence-corrected chi connectivity index (χ0v) is 17.9. The predicted octanol–water partition coefficient (Wildman–Crippen LogP) is 5.18. The van der Waals surface area contributed by atoms with E-state index in [-0.39, 0.29) is 22.9 Å². The Kier molecular flexibility index (Phi) is 8.55. The molecule has 0 heterocycles. The van der Waals surface area contributed by atoms with E-state index in [4.69, 9.17) is 4.43 Å². The average molecular weight is 369 g/mol. The topological polar surface area (TPSA) is 52.6 Å². The molecule has 25 heavy (non-hydrogen) atoms. The van der Waals surface area contributed by atoms with E-state index in [1.165, 1.54) is 7.11 Å². The Labute approximate surface area is 154 Å². The number of rotatable bonds is 10. The molecule has 0 radical (unpaired) electrons. The van der Waals surface area contributed by atoms with Crippen molar-refractivity contribution in [3.63, 3.8) is 0 Å². The summed E-state index contributed by atoms with van der Waals surface area (Å²) in [6.07, 6.45) is 9.07. The molecular formula is C20H36O4Si. The number of ketones is 1. The lowest BCUT2D eigenvalue weighted by atomic mass is 10.0. The summed E-state index contributed by atoms with van der Waals surface area (Å²) in [5.41, 5.74) is 0.957. The summed E-state index contributed by atoms with van der Waals surface area (Å²) in [5.74, 6) is 0.129. The van der Waals surface area contributed by atoms with Crippen molar-refractivity contribution in [2.75, 3.05) is 7.11 Å². The minimum Gasteiger partial charge on any atom is -0.469 e. The van der Waals surface area contributed by atoms with Gasteiger partial charge in [-0.1, -0.05) is 40.0 Å². The first-order chi connectivity index (χ1) is 11.6. The van der Waals surface area contributed by atoms with Gasteiger partial charge in [-0.25, -0.2) is 0 Å². The van der Waals surface area contributed by atoms with E-state index in [0.717, 1.165) is 44.1 Å². The van der Waals surface area contributed by atoms with Crippen LogP contribution in [-0.4, -0.2) is 33.3 Å². The number of hydrogen-bond acceptors (Lipinski definition) is 4. The number of allylic oxidation sites excluding steroid dienone is 1. The van der Waals surface area contributed by atoms with Crippen LogP contribution in [0.1, 0.15) is 72.1 Å². The summed E-state index contributed by atoms with van der Waals surface area (Å²) in [7, 11) is -0.402. The number of ether oxygens (including phenoxy) is 1. The van der Waals surface area contributed by atoms with Crippen LogP contribution < -0.4 is 0 Å². The van der Waals surface area contributed by atoms with Crippen LogP contribution in [0.25, 0.3) is 0 Å². The van der Waals surface area contributed by atoms with E-state index in [2.05, 4.69) is 44.7 Å². The SMILES string of the molecule is COC(=O)CCCCCCCC1=C[C@H](O[Si](C)(C)C(C)(C)C)CC1=O. The smallest absolute Gasteiger partial charge is 0.305 e. The fourth-order valence-electron chi connectivity index (χ4n) is 2.76. The Morgan fingerprint density at radius 3 is 2.36 bits per heavy atom. The zero-order chi connectivity index (χ0) is 19.1. The van der Waals surface area contributed by atoms with Crippen LogP contribution in [0.4, 0.5) is 0 Å². The zero-order valence-electron chi connectivity index (χ0n) is 16.9. The standard InChI is InChI=1S/C20H36O4Si/c1-20(2,3)25(5,6)24-17-14-16(18(21)15-17)12-10-8-7-9-11-13-19(22)23-4/h14,17H,7-13,15H2,1-6H3/t17-/m0/s1. The van der Waals surface area contributed by atoms with Crippen LogP contribution in [0.5, 0.6) is 0 Å².